The van der Waals surface area contributed by atoms with Crippen molar-refractivity contribution in [2.75, 3.05) is 13.1 Å². The van der Waals surface area contributed by atoms with Crippen molar-refractivity contribution in [3.8, 4) is 0 Å². The Balaban J connectivity index is 2.25. The third kappa shape index (κ3) is 2.68. The molecule has 0 spiro atoms. The summed E-state index contributed by atoms with van der Waals surface area (Å²) in [5.74, 6) is -0.189. The predicted molar refractivity (Wildman–Crippen MR) is 71.3 cm³/mol. The number of hydrogen-bond acceptors (Lipinski definition) is 2. The van der Waals surface area contributed by atoms with Crippen LogP contribution in [0.3, 0.4) is 0 Å². The van der Waals surface area contributed by atoms with E-state index in [-0.39, 0.29) is 11.7 Å². The second-order valence-electron chi connectivity index (χ2n) is 5.04. The lowest BCUT2D eigenvalue weighted by Gasteiger charge is -2.40. The zero-order valence-corrected chi connectivity index (χ0v) is 11.3. The second kappa shape index (κ2) is 5.55. The molecule has 4 heteroatoms. The molecule has 1 fully saturated rings. The molecule has 0 saturated carbocycles. The van der Waals surface area contributed by atoms with Gasteiger partial charge >= 0.3 is 0 Å². The van der Waals surface area contributed by atoms with Gasteiger partial charge in [0.05, 0.1) is 5.60 Å². The van der Waals surface area contributed by atoms with E-state index < -0.39 is 5.60 Å². The fourth-order valence-corrected chi connectivity index (χ4v) is 2.97. The van der Waals surface area contributed by atoms with E-state index in [1.807, 2.05) is 6.92 Å². The maximum absolute atomic E-state index is 13.8. The molecule has 1 saturated heterocycles. The third-order valence-electron chi connectivity index (χ3n) is 3.92. The number of rotatable bonds is 3. The smallest absolute Gasteiger partial charge is 0.127 e. The average molecular weight is 272 g/mol. The van der Waals surface area contributed by atoms with Gasteiger partial charge in [-0.3, -0.25) is 0 Å². The van der Waals surface area contributed by atoms with Crippen molar-refractivity contribution in [2.45, 2.75) is 31.8 Å². The van der Waals surface area contributed by atoms with Crippen LogP contribution in [0.4, 0.5) is 4.39 Å². The van der Waals surface area contributed by atoms with Crippen molar-refractivity contribution in [1.82, 2.24) is 5.32 Å². The van der Waals surface area contributed by atoms with E-state index in [0.29, 0.717) is 23.4 Å². The molecule has 2 atom stereocenters. The Labute approximate surface area is 112 Å². The average Bonchev–Trinajstić information content (AvgIpc) is 2.35. The lowest BCUT2D eigenvalue weighted by molar-refractivity contribution is -0.0419. The van der Waals surface area contributed by atoms with Crippen molar-refractivity contribution in [1.29, 1.82) is 0 Å². The molecule has 1 heterocycles. The Hall–Kier alpha value is -0.640. The van der Waals surface area contributed by atoms with Crippen molar-refractivity contribution >= 4 is 11.6 Å². The predicted octanol–water partition coefficient (Wildman–Crippen LogP) is 2.77. The van der Waals surface area contributed by atoms with Gasteiger partial charge in [-0.15, -0.1) is 0 Å². The number of halogens is 2. The molecule has 0 radical (unpaired) electrons. The summed E-state index contributed by atoms with van der Waals surface area (Å²) in [6.07, 6.45) is 1.80. The minimum Gasteiger partial charge on any atom is -0.389 e. The summed E-state index contributed by atoms with van der Waals surface area (Å²) in [5, 5.41) is 14.4. The summed E-state index contributed by atoms with van der Waals surface area (Å²) in [4.78, 5) is 0. The molecule has 1 aromatic carbocycles. The summed E-state index contributed by atoms with van der Waals surface area (Å²) < 4.78 is 13.8. The van der Waals surface area contributed by atoms with Crippen LogP contribution in [0.1, 0.15) is 25.3 Å². The Morgan fingerprint density at radius 3 is 3.00 bits per heavy atom. The number of aliphatic hydroxyl groups is 1. The molecule has 18 heavy (non-hydrogen) atoms. The van der Waals surface area contributed by atoms with Gasteiger partial charge in [-0.05, 0) is 31.5 Å². The zero-order chi connectivity index (χ0) is 13.2. The minimum absolute atomic E-state index is 0.141. The van der Waals surface area contributed by atoms with Crippen molar-refractivity contribution in [3.63, 3.8) is 0 Å². The highest BCUT2D eigenvalue weighted by atomic mass is 35.5. The van der Waals surface area contributed by atoms with Gasteiger partial charge in [-0.1, -0.05) is 24.6 Å². The van der Waals surface area contributed by atoms with E-state index in [1.54, 1.807) is 12.1 Å². The van der Waals surface area contributed by atoms with Crippen LogP contribution in [-0.4, -0.2) is 23.8 Å². The standard InChI is InChI=1S/C14H19ClFNO/c1-2-10-9-17-7-6-14(10,18)8-11-12(15)4-3-5-13(11)16/h3-5,10,17-18H,2,6-9H2,1H3. The first-order chi connectivity index (χ1) is 8.57. The topological polar surface area (TPSA) is 32.3 Å². The Bertz CT molecular complexity index is 406. The molecule has 2 nitrogen and oxygen atoms in total. The normalized spacial score (nSPS) is 28.3. The zero-order valence-electron chi connectivity index (χ0n) is 10.5. The molecular weight excluding hydrogens is 253 g/mol. The van der Waals surface area contributed by atoms with Crippen LogP contribution in [0.5, 0.6) is 0 Å². The first kappa shape index (κ1) is 13.8. The molecule has 0 bridgehead atoms. The highest BCUT2D eigenvalue weighted by Gasteiger charge is 2.38. The highest BCUT2D eigenvalue weighted by molar-refractivity contribution is 6.31. The molecule has 1 aromatic rings. The van der Waals surface area contributed by atoms with Gasteiger partial charge in [-0.2, -0.15) is 0 Å². The van der Waals surface area contributed by atoms with Gasteiger partial charge in [0, 0.05) is 29.5 Å². The van der Waals surface area contributed by atoms with Crippen LogP contribution in [0.15, 0.2) is 18.2 Å². The molecule has 0 aliphatic carbocycles. The molecule has 2 rings (SSSR count). The van der Waals surface area contributed by atoms with Crippen LogP contribution >= 0.6 is 11.6 Å². The van der Waals surface area contributed by atoms with Crippen molar-refractivity contribution < 1.29 is 9.50 Å². The molecule has 100 valence electrons. The van der Waals surface area contributed by atoms with E-state index in [4.69, 9.17) is 11.6 Å². The first-order valence-corrected chi connectivity index (χ1v) is 6.80. The van der Waals surface area contributed by atoms with E-state index in [1.165, 1.54) is 6.07 Å². The van der Waals surface area contributed by atoms with E-state index in [0.717, 1.165) is 19.5 Å². The van der Waals surface area contributed by atoms with Gasteiger partial charge < -0.3 is 10.4 Å². The minimum atomic E-state index is -0.855. The summed E-state index contributed by atoms with van der Waals surface area (Å²) in [7, 11) is 0. The maximum Gasteiger partial charge on any atom is 0.127 e. The first-order valence-electron chi connectivity index (χ1n) is 6.43. The van der Waals surface area contributed by atoms with Crippen LogP contribution in [0.2, 0.25) is 5.02 Å². The van der Waals surface area contributed by atoms with Gasteiger partial charge in [0.2, 0.25) is 0 Å². The third-order valence-corrected chi connectivity index (χ3v) is 4.28. The lowest BCUT2D eigenvalue weighted by atomic mass is 9.76. The quantitative estimate of drug-likeness (QED) is 0.886. The Kier molecular flexibility index (Phi) is 4.25. The molecule has 0 aromatic heterocycles. The molecule has 1 aliphatic heterocycles. The van der Waals surface area contributed by atoms with Crippen molar-refractivity contribution in [2.24, 2.45) is 5.92 Å². The van der Waals surface area contributed by atoms with Gasteiger partial charge in [-0.25, -0.2) is 4.39 Å². The van der Waals surface area contributed by atoms with Crippen LogP contribution in [-0.2, 0) is 6.42 Å². The molecule has 0 amide bonds. The van der Waals surface area contributed by atoms with Crippen LogP contribution in [0, 0.1) is 11.7 Å². The number of nitrogens with one attached hydrogen (secondary N) is 1. The Morgan fingerprint density at radius 2 is 2.33 bits per heavy atom. The van der Waals surface area contributed by atoms with Gasteiger partial charge in [0.1, 0.15) is 5.82 Å². The number of benzene rings is 1. The van der Waals surface area contributed by atoms with E-state index in [2.05, 4.69) is 5.32 Å². The van der Waals surface area contributed by atoms with Crippen molar-refractivity contribution in [3.05, 3.63) is 34.6 Å². The summed E-state index contributed by atoms with van der Waals surface area (Å²) in [5.41, 5.74) is -0.423. The van der Waals surface area contributed by atoms with Crippen LogP contribution in [0.25, 0.3) is 0 Å². The largest absolute Gasteiger partial charge is 0.389 e. The summed E-state index contributed by atoms with van der Waals surface area (Å²) >= 11 is 6.03. The second-order valence-corrected chi connectivity index (χ2v) is 5.45. The van der Waals surface area contributed by atoms with Gasteiger partial charge in [0.25, 0.3) is 0 Å². The molecule has 1 aliphatic rings. The SMILES string of the molecule is CCC1CNCCC1(O)Cc1c(F)cccc1Cl. The fourth-order valence-electron chi connectivity index (χ4n) is 2.74. The molecule has 2 unspecified atom stereocenters. The van der Waals surface area contributed by atoms with Gasteiger partial charge in [0.15, 0.2) is 0 Å². The lowest BCUT2D eigenvalue weighted by Crippen LogP contribution is -2.51. The Morgan fingerprint density at radius 1 is 1.56 bits per heavy atom. The molecule has 2 N–H and O–H groups in total. The maximum atomic E-state index is 13.8. The summed E-state index contributed by atoms with van der Waals surface area (Å²) in [6, 6.07) is 4.66. The summed E-state index contributed by atoms with van der Waals surface area (Å²) in [6.45, 7) is 3.59. The molecular formula is C14H19ClFNO. The van der Waals surface area contributed by atoms with E-state index in [9.17, 15) is 9.50 Å². The van der Waals surface area contributed by atoms with Crippen LogP contribution < -0.4 is 5.32 Å². The monoisotopic (exact) mass is 271 g/mol. The fraction of sp³-hybridized carbons (Fsp3) is 0.571. The van der Waals surface area contributed by atoms with E-state index >= 15 is 0 Å². The number of hydrogen-bond donors (Lipinski definition) is 2. The number of piperidine rings is 1. The highest BCUT2D eigenvalue weighted by Crippen LogP contribution is 2.33.